The number of aliphatic hydroxyl groups is 1. The van der Waals surface area contributed by atoms with Crippen LogP contribution in [0.1, 0.15) is 51.4 Å². The normalized spacial score (nSPS) is 17.0. The van der Waals surface area contributed by atoms with Crippen LogP contribution >= 0.6 is 0 Å². The van der Waals surface area contributed by atoms with Gasteiger partial charge in [-0.3, -0.25) is 0 Å². The standard InChI is InChI=1S/C36H53FO9/c1-2-36(38)46-20-10-6-5-9-19-45-35-16-13-31(27-34(35)37)30-11-14-32(15-12-30)43-18-8-4-3-7-17-41-28-33-29-42-24-23-39-21-22-40-25-26-44-33/h2,11-16,27,33,36,38H,1,3-10,17-26,28-29H2. The molecular weight excluding hydrogens is 595 g/mol. The summed E-state index contributed by atoms with van der Waals surface area (Å²) >= 11 is 0. The molecule has 258 valence electrons. The van der Waals surface area contributed by atoms with E-state index in [1.54, 1.807) is 6.07 Å². The molecule has 9 nitrogen and oxygen atoms in total. The molecule has 2 aromatic carbocycles. The van der Waals surface area contributed by atoms with Crippen molar-refractivity contribution in [1.82, 2.24) is 0 Å². The summed E-state index contributed by atoms with van der Waals surface area (Å²) < 4.78 is 59.6. The van der Waals surface area contributed by atoms with Crippen LogP contribution in [0.2, 0.25) is 0 Å². The van der Waals surface area contributed by atoms with Crippen molar-refractivity contribution in [3.8, 4) is 22.6 Å². The Morgan fingerprint density at radius 3 is 2.04 bits per heavy atom. The van der Waals surface area contributed by atoms with E-state index < -0.39 is 6.29 Å². The number of benzene rings is 2. The summed E-state index contributed by atoms with van der Waals surface area (Å²) in [6.45, 7) is 10.0. The summed E-state index contributed by atoms with van der Waals surface area (Å²) in [5, 5.41) is 9.27. The highest BCUT2D eigenvalue weighted by Crippen LogP contribution is 2.27. The van der Waals surface area contributed by atoms with Crippen LogP contribution in [0.3, 0.4) is 0 Å². The highest BCUT2D eigenvalue weighted by molar-refractivity contribution is 5.65. The minimum absolute atomic E-state index is 0.0989. The molecule has 46 heavy (non-hydrogen) atoms. The first-order chi connectivity index (χ1) is 22.7. The zero-order valence-electron chi connectivity index (χ0n) is 27.2. The van der Waals surface area contributed by atoms with Crippen molar-refractivity contribution in [1.29, 1.82) is 0 Å². The molecule has 3 rings (SSSR count). The molecule has 2 atom stereocenters. The lowest BCUT2D eigenvalue weighted by atomic mass is 10.1. The zero-order valence-corrected chi connectivity index (χ0v) is 27.2. The summed E-state index contributed by atoms with van der Waals surface area (Å²) in [6, 6.07) is 12.8. The van der Waals surface area contributed by atoms with Crippen molar-refractivity contribution in [2.24, 2.45) is 0 Å². The second-order valence-electron chi connectivity index (χ2n) is 11.1. The number of unbranched alkanes of at least 4 members (excludes halogenated alkanes) is 6. The summed E-state index contributed by atoms with van der Waals surface area (Å²) in [5.74, 6) is 0.681. The third kappa shape index (κ3) is 16.8. The molecule has 0 amide bonds. The molecule has 2 aromatic rings. The Morgan fingerprint density at radius 1 is 0.739 bits per heavy atom. The van der Waals surface area contributed by atoms with E-state index >= 15 is 0 Å². The van der Waals surface area contributed by atoms with Gasteiger partial charge in [-0.15, -0.1) is 0 Å². The molecule has 0 radical (unpaired) electrons. The molecule has 1 saturated heterocycles. The second kappa shape index (κ2) is 24.6. The fraction of sp³-hybridized carbons (Fsp3) is 0.611. The van der Waals surface area contributed by atoms with Crippen LogP contribution in [0.4, 0.5) is 4.39 Å². The lowest BCUT2D eigenvalue weighted by Crippen LogP contribution is -2.29. The van der Waals surface area contributed by atoms with E-state index in [9.17, 15) is 9.50 Å². The Morgan fingerprint density at radius 2 is 1.35 bits per heavy atom. The van der Waals surface area contributed by atoms with E-state index in [-0.39, 0.29) is 17.7 Å². The van der Waals surface area contributed by atoms with Gasteiger partial charge in [0.2, 0.25) is 0 Å². The lowest BCUT2D eigenvalue weighted by molar-refractivity contribution is -0.0903. The van der Waals surface area contributed by atoms with Crippen molar-refractivity contribution in [3.63, 3.8) is 0 Å². The Labute approximate surface area is 273 Å². The molecule has 1 heterocycles. The fourth-order valence-electron chi connectivity index (χ4n) is 4.69. The summed E-state index contributed by atoms with van der Waals surface area (Å²) in [7, 11) is 0. The lowest BCUT2D eigenvalue weighted by Gasteiger charge is -2.19. The molecule has 1 N–H and O–H groups in total. The van der Waals surface area contributed by atoms with Crippen LogP contribution in [0.25, 0.3) is 11.1 Å². The van der Waals surface area contributed by atoms with Crippen molar-refractivity contribution in [2.45, 2.75) is 63.8 Å². The predicted molar refractivity (Wildman–Crippen MR) is 175 cm³/mol. The largest absolute Gasteiger partial charge is 0.494 e. The van der Waals surface area contributed by atoms with Crippen LogP contribution in [0.5, 0.6) is 11.5 Å². The molecule has 0 aliphatic carbocycles. The SMILES string of the molecule is C=CC(O)OCCCCCCOc1ccc(-c2ccc(OCCCCCCOCC3COCCOCCOCCO3)cc2)cc1F. The zero-order chi connectivity index (χ0) is 32.5. The molecule has 10 heteroatoms. The summed E-state index contributed by atoms with van der Waals surface area (Å²) in [4.78, 5) is 0. The molecule has 0 spiro atoms. The Bertz CT molecular complexity index is 1040. The Balaban J connectivity index is 1.22. The van der Waals surface area contributed by atoms with Gasteiger partial charge in [-0.25, -0.2) is 4.39 Å². The molecule has 1 aliphatic heterocycles. The first-order valence-corrected chi connectivity index (χ1v) is 16.7. The predicted octanol–water partition coefficient (Wildman–Crippen LogP) is 6.36. The highest BCUT2D eigenvalue weighted by Gasteiger charge is 2.11. The quantitative estimate of drug-likeness (QED) is 0.0943. The van der Waals surface area contributed by atoms with Crippen molar-refractivity contribution in [2.75, 3.05) is 79.3 Å². The van der Waals surface area contributed by atoms with E-state index in [0.29, 0.717) is 79.3 Å². The maximum atomic E-state index is 14.7. The van der Waals surface area contributed by atoms with Gasteiger partial charge >= 0.3 is 0 Å². The number of hydrogen-bond donors (Lipinski definition) is 1. The Hall–Kier alpha value is -2.57. The molecule has 0 saturated carbocycles. The molecular formula is C36H53FO9. The first-order valence-electron chi connectivity index (χ1n) is 16.7. The summed E-state index contributed by atoms with van der Waals surface area (Å²) in [6.07, 6.45) is 7.98. The minimum atomic E-state index is -0.907. The van der Waals surface area contributed by atoms with Gasteiger partial charge in [0.1, 0.15) is 11.9 Å². The van der Waals surface area contributed by atoms with Crippen LogP contribution < -0.4 is 9.47 Å². The van der Waals surface area contributed by atoms with Gasteiger partial charge < -0.3 is 43.0 Å². The van der Waals surface area contributed by atoms with E-state index in [0.717, 1.165) is 68.2 Å². The number of rotatable bonds is 21. The third-order valence-corrected chi connectivity index (χ3v) is 7.29. The molecule has 0 bridgehead atoms. The monoisotopic (exact) mass is 648 g/mol. The van der Waals surface area contributed by atoms with E-state index in [1.807, 2.05) is 30.3 Å². The second-order valence-corrected chi connectivity index (χ2v) is 11.1. The topological polar surface area (TPSA) is 94.1 Å². The third-order valence-electron chi connectivity index (χ3n) is 7.29. The van der Waals surface area contributed by atoms with Gasteiger partial charge in [-0.05, 0) is 80.0 Å². The highest BCUT2D eigenvalue weighted by atomic mass is 19.1. The van der Waals surface area contributed by atoms with Gasteiger partial charge in [-0.2, -0.15) is 0 Å². The van der Waals surface area contributed by atoms with Crippen LogP contribution in [0.15, 0.2) is 55.1 Å². The van der Waals surface area contributed by atoms with Crippen LogP contribution in [0, 0.1) is 5.82 Å². The average Bonchev–Trinajstić information content (AvgIpc) is 3.06. The smallest absolute Gasteiger partial charge is 0.173 e. The maximum Gasteiger partial charge on any atom is 0.173 e. The van der Waals surface area contributed by atoms with Crippen LogP contribution in [-0.2, 0) is 28.4 Å². The minimum Gasteiger partial charge on any atom is -0.494 e. The molecule has 0 aromatic heterocycles. The molecule has 1 aliphatic rings. The summed E-state index contributed by atoms with van der Waals surface area (Å²) in [5.41, 5.74) is 1.70. The number of halogens is 1. The van der Waals surface area contributed by atoms with Gasteiger partial charge in [0.05, 0.1) is 72.7 Å². The van der Waals surface area contributed by atoms with Crippen molar-refractivity contribution >= 4 is 0 Å². The molecule has 1 fully saturated rings. The first kappa shape index (κ1) is 37.9. The van der Waals surface area contributed by atoms with Crippen LogP contribution in [-0.4, -0.2) is 96.8 Å². The van der Waals surface area contributed by atoms with Crippen molar-refractivity contribution in [3.05, 3.63) is 60.9 Å². The fourth-order valence-corrected chi connectivity index (χ4v) is 4.69. The van der Waals surface area contributed by atoms with E-state index in [4.69, 9.17) is 37.9 Å². The van der Waals surface area contributed by atoms with Gasteiger partial charge in [-0.1, -0.05) is 37.6 Å². The van der Waals surface area contributed by atoms with Crippen molar-refractivity contribution < 1.29 is 47.4 Å². The average molecular weight is 649 g/mol. The van der Waals surface area contributed by atoms with Gasteiger partial charge in [0, 0.05) is 6.61 Å². The van der Waals surface area contributed by atoms with E-state index in [1.165, 1.54) is 12.1 Å². The Kier molecular flexibility index (Phi) is 20.2. The van der Waals surface area contributed by atoms with Gasteiger partial charge in [0.25, 0.3) is 0 Å². The molecule has 2 unspecified atom stereocenters. The number of hydrogen-bond acceptors (Lipinski definition) is 9. The number of aliphatic hydroxyl groups excluding tert-OH is 1. The number of ether oxygens (including phenoxy) is 8. The van der Waals surface area contributed by atoms with Gasteiger partial charge in [0.15, 0.2) is 17.9 Å². The van der Waals surface area contributed by atoms with E-state index in [2.05, 4.69) is 6.58 Å². The maximum absolute atomic E-state index is 14.7.